The van der Waals surface area contributed by atoms with E-state index in [9.17, 15) is 4.79 Å². The first kappa shape index (κ1) is 9.77. The number of aromatic amines is 1. The zero-order chi connectivity index (χ0) is 11.8. The molecule has 0 bridgehead atoms. The molecule has 0 aliphatic carbocycles. The lowest BCUT2D eigenvalue weighted by Gasteiger charge is -1.98. The summed E-state index contributed by atoms with van der Waals surface area (Å²) >= 11 is 0. The number of H-pyrrole nitrogens is 1. The van der Waals surface area contributed by atoms with Gasteiger partial charge in [-0.25, -0.2) is 9.50 Å². The summed E-state index contributed by atoms with van der Waals surface area (Å²) in [5, 5.41) is 2.90. The van der Waals surface area contributed by atoms with Crippen LogP contribution in [0.25, 0.3) is 16.8 Å². The largest absolute Gasteiger partial charge is 0.296 e. The average Bonchev–Trinajstić information content (AvgIpc) is 2.74. The van der Waals surface area contributed by atoms with Crippen LogP contribution in [0, 0.1) is 6.92 Å². The average molecular weight is 226 g/mol. The van der Waals surface area contributed by atoms with Crippen LogP contribution in [0.3, 0.4) is 0 Å². The molecule has 0 unspecified atom stereocenters. The predicted molar refractivity (Wildman–Crippen MR) is 63.8 cm³/mol. The molecule has 0 aromatic carbocycles. The number of pyridine rings is 1. The molecule has 0 amide bonds. The number of aromatic nitrogens is 4. The van der Waals surface area contributed by atoms with Crippen LogP contribution in [-0.2, 0) is 0 Å². The molecule has 0 saturated carbocycles. The van der Waals surface area contributed by atoms with E-state index in [1.54, 1.807) is 25.5 Å². The minimum Gasteiger partial charge on any atom is -0.296 e. The van der Waals surface area contributed by atoms with Crippen LogP contribution in [-0.4, -0.2) is 19.6 Å². The Labute approximate surface area is 96.8 Å². The summed E-state index contributed by atoms with van der Waals surface area (Å²) in [5.41, 5.74) is 3.04. The van der Waals surface area contributed by atoms with Gasteiger partial charge in [-0.3, -0.25) is 14.9 Å². The summed E-state index contributed by atoms with van der Waals surface area (Å²) in [5.74, 6) is 0. The molecule has 3 aromatic rings. The standard InChI is InChI=1S/C12H10N4O/c1-8-5-11(17)16-12(15-8)10(7-14-16)9-3-2-4-13-6-9/h2-7,14H,1H3. The third-order valence-electron chi connectivity index (χ3n) is 2.60. The first-order valence-corrected chi connectivity index (χ1v) is 5.24. The van der Waals surface area contributed by atoms with Crippen LogP contribution in [0.2, 0.25) is 0 Å². The molecule has 0 radical (unpaired) electrons. The van der Waals surface area contributed by atoms with Gasteiger partial charge in [-0.1, -0.05) is 6.07 Å². The number of fused-ring (bicyclic) bond motifs is 1. The van der Waals surface area contributed by atoms with Crippen LogP contribution in [0.4, 0.5) is 0 Å². The molecule has 84 valence electrons. The molecule has 3 aromatic heterocycles. The molecule has 0 aliphatic heterocycles. The number of hydrogen-bond donors (Lipinski definition) is 1. The van der Waals surface area contributed by atoms with Gasteiger partial charge in [0.25, 0.3) is 5.56 Å². The zero-order valence-corrected chi connectivity index (χ0v) is 9.21. The van der Waals surface area contributed by atoms with E-state index >= 15 is 0 Å². The quantitative estimate of drug-likeness (QED) is 0.682. The fraction of sp³-hybridized carbons (Fsp3) is 0.0833. The van der Waals surface area contributed by atoms with Crippen molar-refractivity contribution >= 4 is 5.65 Å². The second-order valence-electron chi connectivity index (χ2n) is 3.82. The normalized spacial score (nSPS) is 10.9. The molecule has 17 heavy (non-hydrogen) atoms. The van der Waals surface area contributed by atoms with Crippen molar-refractivity contribution in [1.82, 2.24) is 19.6 Å². The van der Waals surface area contributed by atoms with Gasteiger partial charge in [0.05, 0.1) is 0 Å². The van der Waals surface area contributed by atoms with Crippen LogP contribution < -0.4 is 5.56 Å². The Bertz CT molecular complexity index is 727. The van der Waals surface area contributed by atoms with Gasteiger partial charge >= 0.3 is 0 Å². The highest BCUT2D eigenvalue weighted by Gasteiger charge is 2.09. The second-order valence-corrected chi connectivity index (χ2v) is 3.82. The highest BCUT2D eigenvalue weighted by Crippen LogP contribution is 2.20. The topological polar surface area (TPSA) is 63.0 Å². The summed E-state index contributed by atoms with van der Waals surface area (Å²) in [7, 11) is 0. The molecule has 3 rings (SSSR count). The van der Waals surface area contributed by atoms with Crippen molar-refractivity contribution in [3.8, 4) is 11.1 Å². The van der Waals surface area contributed by atoms with Crippen LogP contribution in [0.15, 0.2) is 41.6 Å². The Morgan fingerprint density at radius 1 is 1.41 bits per heavy atom. The van der Waals surface area contributed by atoms with E-state index in [0.29, 0.717) is 11.3 Å². The lowest BCUT2D eigenvalue weighted by molar-refractivity contribution is 0.890. The molecule has 0 fully saturated rings. The van der Waals surface area contributed by atoms with Crippen molar-refractivity contribution in [3.63, 3.8) is 0 Å². The highest BCUT2D eigenvalue weighted by atomic mass is 16.1. The first-order valence-electron chi connectivity index (χ1n) is 5.24. The fourth-order valence-corrected chi connectivity index (χ4v) is 1.83. The Hall–Kier alpha value is -2.43. The maximum absolute atomic E-state index is 11.7. The van der Waals surface area contributed by atoms with Crippen LogP contribution in [0.1, 0.15) is 5.69 Å². The summed E-state index contributed by atoms with van der Waals surface area (Å²) in [6.07, 6.45) is 5.22. The summed E-state index contributed by atoms with van der Waals surface area (Å²) in [6.45, 7) is 1.81. The molecular formula is C12H10N4O. The molecule has 1 N–H and O–H groups in total. The highest BCUT2D eigenvalue weighted by molar-refractivity contribution is 5.76. The molecule has 5 nitrogen and oxygen atoms in total. The number of nitrogens with one attached hydrogen (secondary N) is 1. The molecule has 5 heteroatoms. The van der Waals surface area contributed by atoms with Crippen molar-refractivity contribution in [1.29, 1.82) is 0 Å². The monoisotopic (exact) mass is 226 g/mol. The number of nitrogens with zero attached hydrogens (tertiary/aromatic N) is 3. The van der Waals surface area contributed by atoms with Crippen molar-refractivity contribution in [2.45, 2.75) is 6.92 Å². The van der Waals surface area contributed by atoms with Gasteiger partial charge in [0, 0.05) is 41.5 Å². The molecule has 0 saturated heterocycles. The fourth-order valence-electron chi connectivity index (χ4n) is 1.83. The smallest absolute Gasteiger partial charge is 0.272 e. The summed E-state index contributed by atoms with van der Waals surface area (Å²) in [4.78, 5) is 20.2. The Balaban J connectivity index is 2.36. The lowest BCUT2D eigenvalue weighted by atomic mass is 10.1. The predicted octanol–water partition coefficient (Wildman–Crippen LogP) is 1.39. The maximum Gasteiger partial charge on any atom is 0.272 e. The molecule has 3 heterocycles. The number of hydrogen-bond acceptors (Lipinski definition) is 3. The van der Waals surface area contributed by atoms with Crippen LogP contribution >= 0.6 is 0 Å². The van der Waals surface area contributed by atoms with Gasteiger partial charge in [0.1, 0.15) is 0 Å². The van der Waals surface area contributed by atoms with Gasteiger partial charge in [0.2, 0.25) is 0 Å². The minimum atomic E-state index is -0.109. The van der Waals surface area contributed by atoms with E-state index in [4.69, 9.17) is 0 Å². The second kappa shape index (κ2) is 3.55. The number of rotatable bonds is 1. The van der Waals surface area contributed by atoms with E-state index in [1.807, 2.05) is 12.1 Å². The molecule has 0 aliphatic rings. The summed E-state index contributed by atoms with van der Waals surface area (Å²) < 4.78 is 1.43. The molecular weight excluding hydrogens is 216 g/mol. The van der Waals surface area contributed by atoms with Crippen molar-refractivity contribution in [2.75, 3.05) is 0 Å². The van der Waals surface area contributed by atoms with Gasteiger partial charge in [0.15, 0.2) is 5.65 Å². The zero-order valence-electron chi connectivity index (χ0n) is 9.21. The van der Waals surface area contributed by atoms with Crippen molar-refractivity contribution < 1.29 is 0 Å². The Morgan fingerprint density at radius 3 is 3.06 bits per heavy atom. The maximum atomic E-state index is 11.7. The van der Waals surface area contributed by atoms with E-state index < -0.39 is 0 Å². The SMILES string of the molecule is Cc1cc(=O)n2[nH]cc(-c3cccnc3)c2n1. The lowest BCUT2D eigenvalue weighted by Crippen LogP contribution is -2.14. The minimum absolute atomic E-state index is 0.109. The van der Waals surface area contributed by atoms with Gasteiger partial charge in [-0.2, -0.15) is 0 Å². The number of aryl methyl sites for hydroxylation is 1. The van der Waals surface area contributed by atoms with Gasteiger partial charge in [-0.15, -0.1) is 0 Å². The third-order valence-corrected chi connectivity index (χ3v) is 2.60. The molecule has 0 spiro atoms. The van der Waals surface area contributed by atoms with Gasteiger partial charge < -0.3 is 0 Å². The Morgan fingerprint density at radius 2 is 2.29 bits per heavy atom. The Kier molecular flexibility index (Phi) is 2.04. The first-order chi connectivity index (χ1) is 8.25. The van der Waals surface area contributed by atoms with Crippen molar-refractivity contribution in [2.24, 2.45) is 0 Å². The van der Waals surface area contributed by atoms with E-state index in [1.165, 1.54) is 10.6 Å². The van der Waals surface area contributed by atoms with Gasteiger partial charge in [-0.05, 0) is 13.0 Å². The van der Waals surface area contributed by atoms with E-state index in [-0.39, 0.29) is 5.56 Å². The molecule has 0 atom stereocenters. The van der Waals surface area contributed by atoms with Crippen LogP contribution in [0.5, 0.6) is 0 Å². The van der Waals surface area contributed by atoms with E-state index in [0.717, 1.165) is 11.1 Å². The third kappa shape index (κ3) is 1.52. The summed E-state index contributed by atoms with van der Waals surface area (Å²) in [6, 6.07) is 5.29. The van der Waals surface area contributed by atoms with E-state index in [2.05, 4.69) is 15.1 Å². The van der Waals surface area contributed by atoms with Crippen molar-refractivity contribution in [3.05, 3.63) is 52.8 Å².